The van der Waals surface area contributed by atoms with Gasteiger partial charge in [-0.05, 0) is 18.6 Å². The van der Waals surface area contributed by atoms with E-state index in [9.17, 15) is 4.79 Å². The maximum absolute atomic E-state index is 11.6. The van der Waals surface area contributed by atoms with Gasteiger partial charge in [0.25, 0.3) is 0 Å². The van der Waals surface area contributed by atoms with Crippen LogP contribution in [0.4, 0.5) is 5.95 Å². The lowest BCUT2D eigenvalue weighted by Gasteiger charge is -2.15. The summed E-state index contributed by atoms with van der Waals surface area (Å²) in [5, 5.41) is 8.41. The fourth-order valence-corrected chi connectivity index (χ4v) is 2.70. The highest BCUT2D eigenvalue weighted by Gasteiger charge is 2.19. The van der Waals surface area contributed by atoms with Gasteiger partial charge in [0.2, 0.25) is 17.7 Å². The molecule has 1 atom stereocenters. The number of nitrogens with zero attached hydrogens (tertiary/aromatic N) is 6. The molecule has 1 amide bonds. The third kappa shape index (κ3) is 2.69. The molecule has 130 valence electrons. The molecule has 0 spiro atoms. The summed E-state index contributed by atoms with van der Waals surface area (Å²) >= 11 is 0. The molecule has 0 aliphatic heterocycles. The Hall–Kier alpha value is -3.62. The topological polar surface area (TPSA) is 124 Å². The molecular formula is C17H16N8O. The van der Waals surface area contributed by atoms with E-state index < -0.39 is 11.9 Å². The van der Waals surface area contributed by atoms with Gasteiger partial charge in [0.1, 0.15) is 11.7 Å². The van der Waals surface area contributed by atoms with Gasteiger partial charge in [-0.1, -0.05) is 19.1 Å². The highest BCUT2D eigenvalue weighted by atomic mass is 16.1. The van der Waals surface area contributed by atoms with E-state index >= 15 is 0 Å². The minimum Gasteiger partial charge on any atom is -0.368 e. The SMILES string of the molecule is CC[C@H](Nc1nc2ccccc2c2nc(-c3cnccn3)nn12)C(N)=O. The number of hydrogen-bond acceptors (Lipinski definition) is 7. The third-order valence-electron chi connectivity index (χ3n) is 4.03. The van der Waals surface area contributed by atoms with Gasteiger partial charge < -0.3 is 11.1 Å². The van der Waals surface area contributed by atoms with E-state index in [1.54, 1.807) is 23.1 Å². The molecule has 0 unspecified atom stereocenters. The second kappa shape index (κ2) is 6.36. The molecule has 4 rings (SSSR count). The first kappa shape index (κ1) is 15.9. The van der Waals surface area contributed by atoms with Crippen molar-refractivity contribution in [1.29, 1.82) is 0 Å². The number of carbonyl (C=O) groups excluding carboxylic acids is 1. The Morgan fingerprint density at radius 3 is 2.85 bits per heavy atom. The zero-order valence-corrected chi connectivity index (χ0v) is 14.0. The maximum Gasteiger partial charge on any atom is 0.239 e. The van der Waals surface area contributed by atoms with Crippen LogP contribution in [0.5, 0.6) is 0 Å². The number of para-hydroxylation sites is 1. The Balaban J connectivity index is 1.94. The molecule has 9 nitrogen and oxygen atoms in total. The van der Waals surface area contributed by atoms with Crippen LogP contribution in [-0.2, 0) is 4.79 Å². The van der Waals surface area contributed by atoms with Crippen LogP contribution in [0.25, 0.3) is 28.1 Å². The lowest BCUT2D eigenvalue weighted by molar-refractivity contribution is -0.118. The van der Waals surface area contributed by atoms with Crippen molar-refractivity contribution in [3.8, 4) is 11.5 Å². The first-order chi connectivity index (χ1) is 12.7. The van der Waals surface area contributed by atoms with E-state index in [0.29, 0.717) is 29.5 Å². The Labute approximate surface area is 148 Å². The monoisotopic (exact) mass is 348 g/mol. The maximum atomic E-state index is 11.6. The minimum atomic E-state index is -0.559. The molecule has 4 aromatic rings. The molecule has 0 saturated heterocycles. The third-order valence-corrected chi connectivity index (χ3v) is 4.03. The Morgan fingerprint density at radius 2 is 2.12 bits per heavy atom. The number of hydrogen-bond donors (Lipinski definition) is 2. The second-order valence-electron chi connectivity index (χ2n) is 5.72. The number of carbonyl (C=O) groups is 1. The predicted molar refractivity (Wildman–Crippen MR) is 96.2 cm³/mol. The highest BCUT2D eigenvalue weighted by Crippen LogP contribution is 2.23. The molecule has 3 N–H and O–H groups in total. The summed E-state index contributed by atoms with van der Waals surface area (Å²) in [6, 6.07) is 7.04. The predicted octanol–water partition coefficient (Wildman–Crippen LogP) is 1.41. The van der Waals surface area contributed by atoms with Crippen molar-refractivity contribution in [2.75, 3.05) is 5.32 Å². The van der Waals surface area contributed by atoms with E-state index in [0.717, 1.165) is 10.9 Å². The number of anilines is 1. The van der Waals surface area contributed by atoms with Gasteiger partial charge in [-0.3, -0.25) is 9.78 Å². The average molecular weight is 348 g/mol. The van der Waals surface area contributed by atoms with Crippen LogP contribution >= 0.6 is 0 Å². The summed E-state index contributed by atoms with van der Waals surface area (Å²) < 4.78 is 1.57. The number of primary amides is 1. The van der Waals surface area contributed by atoms with Gasteiger partial charge in [-0.2, -0.15) is 4.52 Å². The van der Waals surface area contributed by atoms with Crippen LogP contribution < -0.4 is 11.1 Å². The highest BCUT2D eigenvalue weighted by molar-refractivity contribution is 5.93. The number of benzene rings is 1. The largest absolute Gasteiger partial charge is 0.368 e. The van der Waals surface area contributed by atoms with E-state index in [1.807, 2.05) is 31.2 Å². The van der Waals surface area contributed by atoms with Gasteiger partial charge >= 0.3 is 0 Å². The summed E-state index contributed by atoms with van der Waals surface area (Å²) in [5.41, 5.74) is 7.35. The lowest BCUT2D eigenvalue weighted by atomic mass is 10.2. The van der Waals surface area contributed by atoms with Crippen LogP contribution in [-0.4, -0.2) is 41.5 Å². The van der Waals surface area contributed by atoms with Gasteiger partial charge in [0.15, 0.2) is 5.65 Å². The van der Waals surface area contributed by atoms with Crippen LogP contribution in [0, 0.1) is 0 Å². The van der Waals surface area contributed by atoms with Gasteiger partial charge in [0.05, 0.1) is 11.7 Å². The summed E-state index contributed by atoms with van der Waals surface area (Å²) in [6.07, 6.45) is 5.28. The molecular weight excluding hydrogens is 332 g/mol. The smallest absolute Gasteiger partial charge is 0.239 e. The van der Waals surface area contributed by atoms with Crippen molar-refractivity contribution in [3.63, 3.8) is 0 Å². The fraction of sp³-hybridized carbons (Fsp3) is 0.176. The average Bonchev–Trinajstić information content (AvgIpc) is 3.12. The van der Waals surface area contributed by atoms with Crippen molar-refractivity contribution in [1.82, 2.24) is 29.5 Å². The van der Waals surface area contributed by atoms with Gasteiger partial charge in [-0.15, -0.1) is 5.10 Å². The molecule has 0 fully saturated rings. The van der Waals surface area contributed by atoms with Crippen LogP contribution in [0.3, 0.4) is 0 Å². The van der Waals surface area contributed by atoms with Crippen molar-refractivity contribution >= 4 is 28.4 Å². The molecule has 3 heterocycles. The molecule has 1 aromatic carbocycles. The zero-order valence-electron chi connectivity index (χ0n) is 14.0. The van der Waals surface area contributed by atoms with E-state index in [2.05, 4.69) is 30.4 Å². The van der Waals surface area contributed by atoms with Crippen LogP contribution in [0.1, 0.15) is 13.3 Å². The molecule has 0 aliphatic carbocycles. The van der Waals surface area contributed by atoms with Crippen molar-refractivity contribution in [2.24, 2.45) is 5.73 Å². The molecule has 3 aromatic heterocycles. The standard InChI is InChI=1S/C17H16N8O/c1-2-11(14(18)26)21-17-22-12-6-4-3-5-10(12)16-23-15(24-25(16)17)13-9-19-7-8-20-13/h3-9,11H,2H2,1H3,(H2,18,26)(H,21,22)/t11-/m0/s1. The zero-order chi connectivity index (χ0) is 18.1. The minimum absolute atomic E-state index is 0.395. The van der Waals surface area contributed by atoms with Crippen molar-refractivity contribution in [3.05, 3.63) is 42.9 Å². The number of rotatable bonds is 5. The van der Waals surface area contributed by atoms with Crippen LogP contribution in [0.15, 0.2) is 42.9 Å². The lowest BCUT2D eigenvalue weighted by Crippen LogP contribution is -2.35. The summed E-state index contributed by atoms with van der Waals surface area (Å²) in [5.74, 6) is 0.364. The molecule has 0 saturated carbocycles. The number of nitrogens with one attached hydrogen (secondary N) is 1. The van der Waals surface area contributed by atoms with E-state index in [1.165, 1.54) is 0 Å². The Morgan fingerprint density at radius 1 is 1.27 bits per heavy atom. The van der Waals surface area contributed by atoms with Crippen molar-refractivity contribution in [2.45, 2.75) is 19.4 Å². The quantitative estimate of drug-likeness (QED) is 0.559. The summed E-state index contributed by atoms with van der Waals surface area (Å²) in [4.78, 5) is 29.1. The number of fused-ring (bicyclic) bond motifs is 3. The second-order valence-corrected chi connectivity index (χ2v) is 5.72. The van der Waals surface area contributed by atoms with E-state index in [4.69, 9.17) is 5.73 Å². The normalized spacial score (nSPS) is 12.3. The van der Waals surface area contributed by atoms with Gasteiger partial charge in [0, 0.05) is 17.8 Å². The molecule has 9 heteroatoms. The molecule has 0 bridgehead atoms. The van der Waals surface area contributed by atoms with Crippen molar-refractivity contribution < 1.29 is 4.79 Å². The Kier molecular flexibility index (Phi) is 3.88. The molecule has 0 aliphatic rings. The number of nitrogens with two attached hydrogens (primary N) is 1. The fourth-order valence-electron chi connectivity index (χ4n) is 2.70. The molecule has 26 heavy (non-hydrogen) atoms. The summed E-state index contributed by atoms with van der Waals surface area (Å²) in [7, 11) is 0. The summed E-state index contributed by atoms with van der Waals surface area (Å²) in [6.45, 7) is 1.87. The Bertz CT molecular complexity index is 1090. The van der Waals surface area contributed by atoms with Gasteiger partial charge in [-0.25, -0.2) is 15.0 Å². The molecule has 0 radical (unpaired) electrons. The first-order valence-electron chi connectivity index (χ1n) is 8.15. The number of aromatic nitrogens is 6. The number of amides is 1. The van der Waals surface area contributed by atoms with E-state index in [-0.39, 0.29) is 0 Å². The van der Waals surface area contributed by atoms with Crippen LogP contribution in [0.2, 0.25) is 0 Å². The first-order valence-corrected chi connectivity index (χ1v) is 8.15.